The number of benzene rings is 1. The van der Waals surface area contributed by atoms with E-state index in [1.165, 1.54) is 0 Å². The number of carboxylic acids is 1. The zero-order valence-electron chi connectivity index (χ0n) is 8.53. The summed E-state index contributed by atoms with van der Waals surface area (Å²) in [5.41, 5.74) is 3.48. The Kier molecular flexibility index (Phi) is 3.65. The van der Waals surface area contributed by atoms with Gasteiger partial charge in [0, 0.05) is 5.56 Å². The fourth-order valence-electron chi connectivity index (χ4n) is 1.15. The first-order valence-corrected chi connectivity index (χ1v) is 4.38. The number of nitrogen functional groups attached to an aromatic ring is 1. The molecule has 9 heteroatoms. The lowest BCUT2D eigenvalue weighted by Crippen LogP contribution is -2.21. The second-order valence-electron chi connectivity index (χ2n) is 3.18. The molecule has 0 aliphatic heterocycles. The molecule has 1 rings (SSSR count). The van der Waals surface area contributed by atoms with Gasteiger partial charge in [0.15, 0.2) is 17.7 Å². The van der Waals surface area contributed by atoms with Crippen LogP contribution in [0.15, 0.2) is 12.1 Å². The fraction of sp³-hybridized carbons (Fsp3) is 0.222. The van der Waals surface area contributed by atoms with Crippen LogP contribution in [0, 0.1) is 5.82 Å². The molecule has 5 nitrogen and oxygen atoms in total. The van der Waals surface area contributed by atoms with Gasteiger partial charge in [-0.05, 0) is 12.1 Å². The van der Waals surface area contributed by atoms with Crippen molar-refractivity contribution in [3.63, 3.8) is 0 Å². The van der Waals surface area contributed by atoms with E-state index in [0.717, 1.165) is 12.1 Å². The molecule has 0 radical (unpaired) electrons. The summed E-state index contributed by atoms with van der Waals surface area (Å²) in [5.74, 6) is -4.91. The smallest absolute Gasteiger partial charge is 0.479 e. The van der Waals surface area contributed by atoms with E-state index in [9.17, 15) is 22.4 Å². The Hall–Kier alpha value is -2.03. The van der Waals surface area contributed by atoms with E-state index in [1.54, 1.807) is 0 Å². The van der Waals surface area contributed by atoms with Gasteiger partial charge in [0.2, 0.25) is 0 Å². The number of alkyl halides is 3. The zero-order valence-corrected chi connectivity index (χ0v) is 8.53. The molecule has 1 aromatic rings. The minimum absolute atomic E-state index is 0.671. The molecule has 0 aromatic heterocycles. The van der Waals surface area contributed by atoms with Crippen LogP contribution in [-0.2, 0) is 4.79 Å². The van der Waals surface area contributed by atoms with Crippen LogP contribution in [0.3, 0.4) is 0 Å². The molecule has 1 unspecified atom stereocenters. The predicted molar refractivity (Wildman–Crippen MR) is 50.1 cm³/mol. The van der Waals surface area contributed by atoms with Gasteiger partial charge < -0.3 is 20.7 Å². The number of carbonyl (C=O) groups is 1. The van der Waals surface area contributed by atoms with E-state index in [-0.39, 0.29) is 0 Å². The van der Waals surface area contributed by atoms with Crippen LogP contribution >= 0.6 is 0 Å². The second kappa shape index (κ2) is 4.69. The van der Waals surface area contributed by atoms with Crippen molar-refractivity contribution in [1.29, 1.82) is 0 Å². The number of aliphatic hydroxyl groups is 1. The molecule has 1 aromatic carbocycles. The van der Waals surface area contributed by atoms with Gasteiger partial charge >= 0.3 is 12.3 Å². The second-order valence-corrected chi connectivity index (χ2v) is 3.18. The number of nitrogens with two attached hydrogens (primary N) is 1. The zero-order chi connectivity index (χ0) is 14.1. The van der Waals surface area contributed by atoms with Crippen LogP contribution in [0.2, 0.25) is 0 Å². The summed E-state index contributed by atoms with van der Waals surface area (Å²) in [6.45, 7) is 0. The third kappa shape index (κ3) is 3.00. The van der Waals surface area contributed by atoms with Crippen molar-refractivity contribution < 1.29 is 37.3 Å². The van der Waals surface area contributed by atoms with E-state index < -0.39 is 41.3 Å². The van der Waals surface area contributed by atoms with Gasteiger partial charge in [-0.2, -0.15) is 0 Å². The summed E-state index contributed by atoms with van der Waals surface area (Å²) in [7, 11) is 0. The highest BCUT2D eigenvalue weighted by Crippen LogP contribution is 2.35. The van der Waals surface area contributed by atoms with Gasteiger partial charge in [-0.25, -0.2) is 9.18 Å². The molecular weight excluding hydrogens is 262 g/mol. The third-order valence-electron chi connectivity index (χ3n) is 1.90. The number of aliphatic hydroxyl groups excluding tert-OH is 1. The number of aliphatic carboxylic acids is 1. The summed E-state index contributed by atoms with van der Waals surface area (Å²) in [6.07, 6.45) is -7.61. The summed E-state index contributed by atoms with van der Waals surface area (Å²) >= 11 is 0. The van der Waals surface area contributed by atoms with Crippen LogP contribution < -0.4 is 10.5 Å². The summed E-state index contributed by atoms with van der Waals surface area (Å²) in [6, 6.07) is 1.55. The Labute approximate surface area is 97.4 Å². The van der Waals surface area contributed by atoms with Crippen LogP contribution in [0.4, 0.5) is 23.2 Å². The molecule has 0 saturated heterocycles. The first-order chi connectivity index (χ1) is 8.13. The van der Waals surface area contributed by atoms with Crippen molar-refractivity contribution in [3.8, 4) is 5.75 Å². The van der Waals surface area contributed by atoms with Gasteiger partial charge in [0.25, 0.3) is 0 Å². The molecule has 18 heavy (non-hydrogen) atoms. The fourth-order valence-corrected chi connectivity index (χ4v) is 1.15. The highest BCUT2D eigenvalue weighted by atomic mass is 19.4. The molecule has 0 aliphatic rings. The molecule has 0 bridgehead atoms. The molecule has 0 amide bonds. The number of anilines is 1. The van der Waals surface area contributed by atoms with E-state index in [2.05, 4.69) is 4.74 Å². The molecule has 0 aliphatic carbocycles. The molecule has 0 heterocycles. The minimum atomic E-state index is -5.25. The van der Waals surface area contributed by atoms with Gasteiger partial charge in [-0.15, -0.1) is 13.2 Å². The van der Waals surface area contributed by atoms with Crippen LogP contribution in [0.1, 0.15) is 11.7 Å². The molecule has 100 valence electrons. The molecule has 0 saturated carbocycles. The number of hydrogen-bond acceptors (Lipinski definition) is 4. The predicted octanol–water partition coefficient (Wildman–Crippen LogP) is 1.42. The lowest BCUT2D eigenvalue weighted by Gasteiger charge is -2.16. The maximum Gasteiger partial charge on any atom is 0.573 e. The van der Waals surface area contributed by atoms with Gasteiger partial charge in [0.05, 0.1) is 5.69 Å². The van der Waals surface area contributed by atoms with Crippen LogP contribution in [0.25, 0.3) is 0 Å². The average molecular weight is 269 g/mol. The number of carboxylic acid groups (broad SMARTS) is 1. The summed E-state index contributed by atoms with van der Waals surface area (Å²) in [4.78, 5) is 10.5. The number of halogens is 4. The van der Waals surface area contributed by atoms with Crippen molar-refractivity contribution in [1.82, 2.24) is 0 Å². The first kappa shape index (κ1) is 14.0. The molecule has 4 N–H and O–H groups in total. The van der Waals surface area contributed by atoms with Crippen LogP contribution in [-0.4, -0.2) is 22.5 Å². The quantitative estimate of drug-likeness (QED) is 0.570. The van der Waals surface area contributed by atoms with Crippen LogP contribution in [0.5, 0.6) is 5.75 Å². The SMILES string of the molecule is Nc1ccc(C(O)C(=O)O)c(OC(F)(F)F)c1F. The van der Waals surface area contributed by atoms with Crippen molar-refractivity contribution in [2.45, 2.75) is 12.5 Å². The van der Waals surface area contributed by atoms with E-state index in [1.807, 2.05) is 0 Å². The van der Waals surface area contributed by atoms with E-state index >= 15 is 0 Å². The number of ether oxygens (including phenoxy) is 1. The van der Waals surface area contributed by atoms with Crippen molar-refractivity contribution >= 4 is 11.7 Å². The summed E-state index contributed by atoms with van der Waals surface area (Å²) in [5, 5.41) is 17.6. The lowest BCUT2D eigenvalue weighted by molar-refractivity contribution is -0.276. The maximum absolute atomic E-state index is 13.4. The first-order valence-electron chi connectivity index (χ1n) is 4.38. The highest BCUT2D eigenvalue weighted by molar-refractivity contribution is 5.75. The third-order valence-corrected chi connectivity index (χ3v) is 1.90. The molecule has 1 atom stereocenters. The monoisotopic (exact) mass is 269 g/mol. The Morgan fingerprint density at radius 1 is 1.39 bits per heavy atom. The Morgan fingerprint density at radius 3 is 2.39 bits per heavy atom. The lowest BCUT2D eigenvalue weighted by atomic mass is 10.1. The highest BCUT2D eigenvalue weighted by Gasteiger charge is 2.36. The van der Waals surface area contributed by atoms with Gasteiger partial charge in [0.1, 0.15) is 0 Å². The van der Waals surface area contributed by atoms with Crippen molar-refractivity contribution in [3.05, 3.63) is 23.5 Å². The number of rotatable bonds is 3. The Balaban J connectivity index is 3.34. The molecule has 0 fully saturated rings. The maximum atomic E-state index is 13.4. The topological polar surface area (TPSA) is 92.8 Å². The van der Waals surface area contributed by atoms with Crippen molar-refractivity contribution in [2.75, 3.05) is 5.73 Å². The average Bonchev–Trinajstić information content (AvgIpc) is 2.22. The molecule has 0 spiro atoms. The minimum Gasteiger partial charge on any atom is -0.479 e. The van der Waals surface area contributed by atoms with Gasteiger partial charge in [-0.1, -0.05) is 0 Å². The molecular formula is C9H7F4NO4. The standard InChI is InChI=1S/C9H7F4NO4/c10-5-4(14)2-1-3(6(15)8(16)17)7(5)18-9(11,12)13/h1-2,6,15H,14H2,(H,16,17). The normalized spacial score (nSPS) is 13.2. The van der Waals surface area contributed by atoms with Crippen molar-refractivity contribution in [2.24, 2.45) is 0 Å². The van der Waals surface area contributed by atoms with Gasteiger partial charge in [-0.3, -0.25) is 0 Å². The largest absolute Gasteiger partial charge is 0.573 e. The number of hydrogen-bond donors (Lipinski definition) is 3. The Morgan fingerprint density at radius 2 is 1.94 bits per heavy atom. The van der Waals surface area contributed by atoms with E-state index in [4.69, 9.17) is 15.9 Å². The van der Waals surface area contributed by atoms with E-state index in [0.29, 0.717) is 0 Å². The summed E-state index contributed by atoms with van der Waals surface area (Å²) < 4.78 is 52.8. The Bertz CT molecular complexity index is 474.